The maximum absolute atomic E-state index is 12.6. The van der Waals surface area contributed by atoms with Crippen molar-refractivity contribution in [2.75, 3.05) is 25.0 Å². The van der Waals surface area contributed by atoms with Gasteiger partial charge in [0.25, 0.3) is 0 Å². The number of hydrogen-bond acceptors (Lipinski definition) is 3. The minimum atomic E-state index is 0.0477. The van der Waals surface area contributed by atoms with Crippen molar-refractivity contribution in [2.24, 2.45) is 17.8 Å². The number of nitrogens with one attached hydrogen (secondary N) is 2. The lowest BCUT2D eigenvalue weighted by atomic mass is 9.87. The van der Waals surface area contributed by atoms with Crippen molar-refractivity contribution in [3.05, 3.63) is 59.2 Å². The maximum Gasteiger partial charge on any atom is 0.238 e. The molecule has 3 atom stereocenters. The number of aromatic amines is 1. The van der Waals surface area contributed by atoms with Crippen molar-refractivity contribution in [1.29, 1.82) is 0 Å². The fourth-order valence-electron chi connectivity index (χ4n) is 5.22. The molecular formula is C23H25ClN4O. The number of carbonyl (C=O) groups is 1. The highest BCUT2D eigenvalue weighted by Crippen LogP contribution is 2.44. The van der Waals surface area contributed by atoms with Crippen LogP contribution in [0.3, 0.4) is 0 Å². The molecule has 2 aromatic carbocycles. The van der Waals surface area contributed by atoms with Gasteiger partial charge in [-0.2, -0.15) is 5.10 Å². The zero-order chi connectivity index (χ0) is 19.8. The van der Waals surface area contributed by atoms with Crippen LogP contribution >= 0.6 is 11.6 Å². The first kappa shape index (κ1) is 18.6. The van der Waals surface area contributed by atoms with Gasteiger partial charge in [-0.25, -0.2) is 0 Å². The number of anilines is 1. The maximum atomic E-state index is 12.6. The number of amides is 1. The Balaban J connectivity index is 1.18. The average molecular weight is 409 g/mol. The van der Waals surface area contributed by atoms with E-state index in [-0.39, 0.29) is 5.91 Å². The highest BCUT2D eigenvalue weighted by atomic mass is 35.5. The van der Waals surface area contributed by atoms with E-state index in [1.165, 1.54) is 18.4 Å². The van der Waals surface area contributed by atoms with Crippen LogP contribution in [0.25, 0.3) is 10.9 Å². The molecule has 5 rings (SSSR count). The molecular weight excluding hydrogens is 384 g/mol. The van der Waals surface area contributed by atoms with Gasteiger partial charge in [-0.3, -0.25) is 14.8 Å². The van der Waals surface area contributed by atoms with Crippen LogP contribution in [0.5, 0.6) is 0 Å². The number of hydrogen-bond donors (Lipinski definition) is 2. The highest BCUT2D eigenvalue weighted by molar-refractivity contribution is 6.31. The average Bonchev–Trinajstić information content (AvgIpc) is 3.40. The number of benzene rings is 2. The van der Waals surface area contributed by atoms with E-state index in [0.29, 0.717) is 24.3 Å². The van der Waals surface area contributed by atoms with Crippen LogP contribution in [0.4, 0.5) is 5.69 Å². The molecule has 150 valence electrons. The van der Waals surface area contributed by atoms with Gasteiger partial charge < -0.3 is 5.32 Å². The number of nitrogens with zero attached hydrogens (tertiary/aromatic N) is 2. The second kappa shape index (κ2) is 7.81. The first-order valence-corrected chi connectivity index (χ1v) is 10.7. The third kappa shape index (κ3) is 3.89. The second-order valence-corrected chi connectivity index (χ2v) is 8.88. The lowest BCUT2D eigenvalue weighted by Crippen LogP contribution is -2.32. The zero-order valence-corrected chi connectivity index (χ0v) is 17.0. The van der Waals surface area contributed by atoms with Crippen LogP contribution in [-0.2, 0) is 11.2 Å². The van der Waals surface area contributed by atoms with Crippen LogP contribution in [0.1, 0.15) is 18.4 Å². The summed E-state index contributed by atoms with van der Waals surface area (Å²) in [4.78, 5) is 14.9. The Bertz CT molecular complexity index is 1030. The quantitative estimate of drug-likeness (QED) is 0.659. The van der Waals surface area contributed by atoms with E-state index >= 15 is 0 Å². The largest absolute Gasteiger partial charge is 0.325 e. The van der Waals surface area contributed by atoms with Crippen LogP contribution in [0.15, 0.2) is 48.7 Å². The van der Waals surface area contributed by atoms with Gasteiger partial charge in [0.05, 0.1) is 18.3 Å². The fourth-order valence-corrected chi connectivity index (χ4v) is 5.43. The molecule has 1 unspecified atom stereocenters. The molecule has 1 aliphatic carbocycles. The molecule has 1 aromatic heterocycles. The van der Waals surface area contributed by atoms with Gasteiger partial charge in [0.1, 0.15) is 0 Å². The molecule has 0 bridgehead atoms. The van der Waals surface area contributed by atoms with Gasteiger partial charge in [-0.1, -0.05) is 29.8 Å². The van der Waals surface area contributed by atoms with Crippen molar-refractivity contribution in [3.63, 3.8) is 0 Å². The Morgan fingerprint density at radius 2 is 2.10 bits per heavy atom. The molecule has 2 aliphatic rings. The van der Waals surface area contributed by atoms with Crippen LogP contribution in [0.2, 0.25) is 5.02 Å². The Morgan fingerprint density at radius 1 is 1.21 bits per heavy atom. The smallest absolute Gasteiger partial charge is 0.238 e. The molecule has 1 aliphatic heterocycles. The number of fused-ring (bicyclic) bond motifs is 2. The lowest BCUT2D eigenvalue weighted by molar-refractivity contribution is -0.117. The number of likely N-dealkylation sites (tertiary alicyclic amines) is 1. The number of rotatable bonds is 5. The van der Waals surface area contributed by atoms with E-state index < -0.39 is 0 Å². The summed E-state index contributed by atoms with van der Waals surface area (Å²) < 4.78 is 0. The molecule has 2 fully saturated rings. The molecule has 1 amide bonds. The van der Waals surface area contributed by atoms with Gasteiger partial charge in [-0.15, -0.1) is 0 Å². The molecule has 2 N–H and O–H groups in total. The first-order chi connectivity index (χ1) is 14.2. The van der Waals surface area contributed by atoms with E-state index in [4.69, 9.17) is 11.6 Å². The van der Waals surface area contributed by atoms with Gasteiger partial charge in [0.15, 0.2) is 0 Å². The molecule has 29 heavy (non-hydrogen) atoms. The van der Waals surface area contributed by atoms with Crippen LogP contribution < -0.4 is 5.32 Å². The van der Waals surface area contributed by atoms with E-state index in [1.807, 2.05) is 30.3 Å². The molecule has 5 nitrogen and oxygen atoms in total. The molecule has 0 spiro atoms. The predicted molar refractivity (Wildman–Crippen MR) is 116 cm³/mol. The monoisotopic (exact) mass is 408 g/mol. The predicted octanol–water partition coefficient (Wildman–Crippen LogP) is 4.36. The van der Waals surface area contributed by atoms with E-state index in [2.05, 4.69) is 32.5 Å². The Hall–Kier alpha value is -2.37. The minimum Gasteiger partial charge on any atom is -0.325 e. The van der Waals surface area contributed by atoms with Crippen molar-refractivity contribution in [1.82, 2.24) is 15.1 Å². The van der Waals surface area contributed by atoms with Gasteiger partial charge >= 0.3 is 0 Å². The van der Waals surface area contributed by atoms with Crippen LogP contribution in [0, 0.1) is 17.8 Å². The minimum absolute atomic E-state index is 0.0477. The first-order valence-electron chi connectivity index (χ1n) is 10.3. The Morgan fingerprint density at radius 3 is 3.00 bits per heavy atom. The van der Waals surface area contributed by atoms with Gasteiger partial charge in [0.2, 0.25) is 5.91 Å². The summed E-state index contributed by atoms with van der Waals surface area (Å²) in [5.41, 5.74) is 2.99. The molecule has 0 radical (unpaired) electrons. The number of halogens is 1. The number of aromatic nitrogens is 2. The summed E-state index contributed by atoms with van der Waals surface area (Å²) in [6, 6.07) is 14.0. The molecule has 1 saturated heterocycles. The van der Waals surface area contributed by atoms with Gasteiger partial charge in [-0.05, 0) is 66.8 Å². The zero-order valence-electron chi connectivity index (χ0n) is 16.3. The van der Waals surface area contributed by atoms with Gasteiger partial charge in [0, 0.05) is 29.2 Å². The van der Waals surface area contributed by atoms with E-state index in [0.717, 1.165) is 41.1 Å². The molecule has 1 saturated carbocycles. The van der Waals surface area contributed by atoms with E-state index in [1.54, 1.807) is 6.20 Å². The van der Waals surface area contributed by atoms with Crippen molar-refractivity contribution >= 4 is 34.1 Å². The summed E-state index contributed by atoms with van der Waals surface area (Å²) >= 11 is 6.38. The van der Waals surface area contributed by atoms with E-state index in [9.17, 15) is 4.79 Å². The standard InChI is InChI=1S/C23H25ClN4O/c24-21-4-2-1-3-16(21)9-15-5-6-18-12-28(13-20(15)18)14-23(29)26-19-8-7-17-11-25-27-22(17)10-19/h1-4,7-8,10-11,15,18,20H,5-6,9,12-14H2,(H,25,27)(H,26,29)/t15?,18-,20-/m1/s1. The van der Waals surface area contributed by atoms with Crippen molar-refractivity contribution in [2.45, 2.75) is 19.3 Å². The number of carbonyl (C=O) groups excluding carboxylic acids is 1. The van der Waals surface area contributed by atoms with Crippen molar-refractivity contribution in [3.8, 4) is 0 Å². The van der Waals surface area contributed by atoms with Crippen LogP contribution in [-0.4, -0.2) is 40.6 Å². The van der Waals surface area contributed by atoms with Crippen molar-refractivity contribution < 1.29 is 4.79 Å². The lowest BCUT2D eigenvalue weighted by Gasteiger charge is -2.21. The normalized spacial score (nSPS) is 24.1. The third-order valence-corrected chi connectivity index (χ3v) is 6.98. The Labute approximate surface area is 175 Å². The Kier molecular flexibility index (Phi) is 5.02. The molecule has 6 heteroatoms. The number of H-pyrrole nitrogens is 1. The summed E-state index contributed by atoms with van der Waals surface area (Å²) in [5, 5.41) is 11.9. The molecule has 3 aromatic rings. The highest BCUT2D eigenvalue weighted by Gasteiger charge is 2.42. The fraction of sp³-hybridized carbons (Fsp3) is 0.391. The third-order valence-electron chi connectivity index (χ3n) is 6.61. The summed E-state index contributed by atoms with van der Waals surface area (Å²) in [7, 11) is 0. The molecule has 2 heterocycles. The topological polar surface area (TPSA) is 61.0 Å². The second-order valence-electron chi connectivity index (χ2n) is 8.47. The summed E-state index contributed by atoms with van der Waals surface area (Å²) in [6.45, 7) is 2.48. The summed E-state index contributed by atoms with van der Waals surface area (Å²) in [6.07, 6.45) is 5.35. The summed E-state index contributed by atoms with van der Waals surface area (Å²) in [5.74, 6) is 2.08. The SMILES string of the molecule is O=C(CN1C[C@H]2CCC(Cc3ccccc3Cl)[C@H]2C1)Nc1ccc2cn[nH]c2c1.